The van der Waals surface area contributed by atoms with Crippen molar-refractivity contribution in [3.05, 3.63) is 82.5 Å². The molecule has 7 nitrogen and oxygen atoms in total. The van der Waals surface area contributed by atoms with Crippen LogP contribution < -0.4 is 15.7 Å². The van der Waals surface area contributed by atoms with Crippen LogP contribution in [0, 0.1) is 0 Å². The van der Waals surface area contributed by atoms with E-state index in [1.54, 1.807) is 37.4 Å². The lowest BCUT2D eigenvalue weighted by Crippen LogP contribution is -2.27. The van der Waals surface area contributed by atoms with Crippen LogP contribution in [0.25, 0.3) is 22.2 Å². The number of carbonyl (C=O) groups is 1. The van der Waals surface area contributed by atoms with Gasteiger partial charge in [0, 0.05) is 29.2 Å². The fourth-order valence-electron chi connectivity index (χ4n) is 3.04. The van der Waals surface area contributed by atoms with Crippen molar-refractivity contribution in [3.63, 3.8) is 0 Å². The summed E-state index contributed by atoms with van der Waals surface area (Å²) in [6, 6.07) is 16.5. The maximum absolute atomic E-state index is 12.6. The highest BCUT2D eigenvalue weighted by Gasteiger charge is 2.12. The topological polar surface area (TPSA) is 99.9 Å². The molecule has 4 aromatic rings. The zero-order chi connectivity index (χ0) is 19.5. The normalized spacial score (nSPS) is 10.8. The molecule has 0 aliphatic heterocycles. The van der Waals surface area contributed by atoms with Crippen LogP contribution in [-0.2, 0) is 6.54 Å². The molecule has 4 rings (SSSR count). The van der Waals surface area contributed by atoms with Crippen molar-refractivity contribution in [2.45, 2.75) is 6.54 Å². The number of nitrogens with zero attached hydrogens (tertiary/aromatic N) is 1. The average Bonchev–Trinajstić information content (AvgIpc) is 3.15. The van der Waals surface area contributed by atoms with Gasteiger partial charge in [-0.25, -0.2) is 4.79 Å². The molecule has 0 saturated heterocycles. The molecular weight excluding hydrogens is 356 g/mol. The summed E-state index contributed by atoms with van der Waals surface area (Å²) in [6.45, 7) is 0.338. The molecule has 2 aromatic heterocycles. The third-order valence-electron chi connectivity index (χ3n) is 4.49. The number of benzene rings is 2. The number of aromatic nitrogens is 3. The van der Waals surface area contributed by atoms with E-state index in [1.165, 1.54) is 0 Å². The van der Waals surface area contributed by atoms with Crippen LogP contribution in [0.3, 0.4) is 0 Å². The van der Waals surface area contributed by atoms with E-state index >= 15 is 0 Å². The first-order chi connectivity index (χ1) is 13.6. The van der Waals surface area contributed by atoms with Gasteiger partial charge < -0.3 is 20.0 Å². The number of fused-ring (bicyclic) bond motifs is 1. The summed E-state index contributed by atoms with van der Waals surface area (Å²) in [7, 11) is 1.58. The predicted molar refractivity (Wildman–Crippen MR) is 106 cm³/mol. The molecule has 0 aliphatic rings. The number of hydrogen-bond donors (Lipinski definition) is 3. The molecule has 2 aromatic carbocycles. The highest BCUT2D eigenvalue weighted by Crippen LogP contribution is 2.20. The van der Waals surface area contributed by atoms with Gasteiger partial charge in [0.2, 0.25) is 0 Å². The Bertz CT molecular complexity index is 1190. The zero-order valence-corrected chi connectivity index (χ0v) is 15.2. The fourth-order valence-corrected chi connectivity index (χ4v) is 3.04. The number of carbonyl (C=O) groups excluding carboxylic acids is 1. The van der Waals surface area contributed by atoms with E-state index in [4.69, 9.17) is 4.74 Å². The number of rotatable bonds is 5. The standard InChI is InChI=1S/C21H18N4O3/c1-28-15-8-6-13(7-9-15)18-10-19(25-21(27)24-18)20(26)23-12-14-11-22-17-5-3-2-4-16(14)17/h2-11,22H,12H2,1H3,(H,23,26)(H,24,25,27). The molecule has 0 saturated carbocycles. The molecule has 0 radical (unpaired) electrons. The Balaban J connectivity index is 1.55. The molecule has 0 atom stereocenters. The van der Waals surface area contributed by atoms with Gasteiger partial charge >= 0.3 is 5.69 Å². The van der Waals surface area contributed by atoms with Gasteiger partial charge in [0.05, 0.1) is 12.8 Å². The van der Waals surface area contributed by atoms with Crippen LogP contribution >= 0.6 is 0 Å². The largest absolute Gasteiger partial charge is 0.497 e. The maximum Gasteiger partial charge on any atom is 0.346 e. The second-order valence-corrected chi connectivity index (χ2v) is 6.26. The molecule has 140 valence electrons. The van der Waals surface area contributed by atoms with E-state index < -0.39 is 5.69 Å². The lowest BCUT2D eigenvalue weighted by molar-refractivity contribution is 0.0945. The van der Waals surface area contributed by atoms with Crippen LogP contribution in [0.5, 0.6) is 5.75 Å². The van der Waals surface area contributed by atoms with Gasteiger partial charge in [-0.2, -0.15) is 4.98 Å². The van der Waals surface area contributed by atoms with Crippen molar-refractivity contribution in [1.29, 1.82) is 0 Å². The Hall–Kier alpha value is -3.87. The molecule has 0 fully saturated rings. The quantitative estimate of drug-likeness (QED) is 0.500. The second-order valence-electron chi connectivity index (χ2n) is 6.26. The summed E-state index contributed by atoms with van der Waals surface area (Å²) in [5.41, 5.74) is 2.69. The number of aromatic amines is 2. The van der Waals surface area contributed by atoms with Crippen molar-refractivity contribution in [2.75, 3.05) is 7.11 Å². The van der Waals surface area contributed by atoms with Gasteiger partial charge in [-0.15, -0.1) is 0 Å². The summed E-state index contributed by atoms with van der Waals surface area (Å²) in [6.07, 6.45) is 1.86. The van der Waals surface area contributed by atoms with Gasteiger partial charge in [0.25, 0.3) is 5.91 Å². The first-order valence-corrected chi connectivity index (χ1v) is 8.73. The van der Waals surface area contributed by atoms with Gasteiger partial charge in [-0.05, 0) is 42.0 Å². The van der Waals surface area contributed by atoms with Crippen molar-refractivity contribution in [1.82, 2.24) is 20.3 Å². The molecular formula is C21H18N4O3. The smallest absolute Gasteiger partial charge is 0.346 e. The van der Waals surface area contributed by atoms with Crippen LogP contribution in [-0.4, -0.2) is 28.0 Å². The SMILES string of the molecule is COc1ccc(-c2cc(C(=O)NCc3c[nH]c4ccccc34)[nH]c(=O)n2)cc1. The van der Waals surface area contributed by atoms with E-state index in [-0.39, 0.29) is 11.6 Å². The Morgan fingerprint density at radius 3 is 2.71 bits per heavy atom. The van der Waals surface area contributed by atoms with Gasteiger partial charge in [-0.3, -0.25) is 4.79 Å². The second kappa shape index (κ2) is 7.40. The Morgan fingerprint density at radius 2 is 1.93 bits per heavy atom. The molecule has 0 aliphatic carbocycles. The van der Waals surface area contributed by atoms with E-state index in [0.717, 1.165) is 22.0 Å². The molecule has 0 unspecified atom stereocenters. The fraction of sp³-hybridized carbons (Fsp3) is 0.0952. The molecule has 3 N–H and O–H groups in total. The van der Waals surface area contributed by atoms with Crippen LogP contribution in [0.1, 0.15) is 16.1 Å². The number of H-pyrrole nitrogens is 2. The summed E-state index contributed by atoms with van der Waals surface area (Å²) in [5.74, 6) is 0.324. The number of ether oxygens (including phenoxy) is 1. The highest BCUT2D eigenvalue weighted by atomic mass is 16.5. The minimum Gasteiger partial charge on any atom is -0.497 e. The zero-order valence-electron chi connectivity index (χ0n) is 15.2. The van der Waals surface area contributed by atoms with Crippen molar-refractivity contribution in [2.24, 2.45) is 0 Å². The van der Waals surface area contributed by atoms with Gasteiger partial charge in [0.15, 0.2) is 0 Å². The first kappa shape index (κ1) is 17.5. The molecule has 0 spiro atoms. The van der Waals surface area contributed by atoms with E-state index in [1.807, 2.05) is 30.5 Å². The van der Waals surface area contributed by atoms with Crippen molar-refractivity contribution < 1.29 is 9.53 Å². The number of amides is 1. The molecule has 0 bridgehead atoms. The summed E-state index contributed by atoms with van der Waals surface area (Å²) >= 11 is 0. The van der Waals surface area contributed by atoms with E-state index in [9.17, 15) is 9.59 Å². The molecule has 7 heteroatoms. The summed E-state index contributed by atoms with van der Waals surface area (Å²) in [5, 5.41) is 3.89. The Labute approximate surface area is 160 Å². The Kier molecular flexibility index (Phi) is 4.63. The summed E-state index contributed by atoms with van der Waals surface area (Å²) in [4.78, 5) is 34.1. The van der Waals surface area contributed by atoms with Crippen molar-refractivity contribution >= 4 is 16.8 Å². The third-order valence-corrected chi connectivity index (χ3v) is 4.49. The minimum atomic E-state index is -0.578. The third kappa shape index (κ3) is 3.50. The predicted octanol–water partition coefficient (Wildman–Crippen LogP) is 2.86. The monoisotopic (exact) mass is 374 g/mol. The van der Waals surface area contributed by atoms with E-state index in [2.05, 4.69) is 20.3 Å². The number of para-hydroxylation sites is 1. The number of nitrogens with one attached hydrogen (secondary N) is 3. The maximum atomic E-state index is 12.6. The average molecular weight is 374 g/mol. The van der Waals surface area contributed by atoms with Gasteiger partial charge in [0.1, 0.15) is 11.4 Å². The highest BCUT2D eigenvalue weighted by molar-refractivity contribution is 5.93. The number of hydrogen-bond acceptors (Lipinski definition) is 4. The van der Waals surface area contributed by atoms with Crippen LogP contribution in [0.4, 0.5) is 0 Å². The molecule has 1 amide bonds. The van der Waals surface area contributed by atoms with Crippen LogP contribution in [0.15, 0.2) is 65.6 Å². The summed E-state index contributed by atoms with van der Waals surface area (Å²) < 4.78 is 5.13. The van der Waals surface area contributed by atoms with Crippen molar-refractivity contribution in [3.8, 4) is 17.0 Å². The van der Waals surface area contributed by atoms with Gasteiger partial charge in [-0.1, -0.05) is 18.2 Å². The first-order valence-electron chi connectivity index (χ1n) is 8.73. The minimum absolute atomic E-state index is 0.158. The van der Waals surface area contributed by atoms with E-state index in [0.29, 0.717) is 18.0 Å². The molecule has 28 heavy (non-hydrogen) atoms. The molecule has 2 heterocycles. The Morgan fingerprint density at radius 1 is 1.14 bits per heavy atom. The number of methoxy groups -OCH3 is 1. The van der Waals surface area contributed by atoms with Crippen LogP contribution in [0.2, 0.25) is 0 Å². The lowest BCUT2D eigenvalue weighted by atomic mass is 10.1. The lowest BCUT2D eigenvalue weighted by Gasteiger charge is -2.07.